The molecular weight excluding hydrogens is 260 g/mol. The molecule has 2 aromatic rings. The lowest BCUT2D eigenvalue weighted by molar-refractivity contribution is -0.144. The van der Waals surface area contributed by atoms with Crippen LogP contribution in [0.4, 0.5) is 10.8 Å². The van der Waals surface area contributed by atoms with Gasteiger partial charge in [-0.2, -0.15) is 0 Å². The Bertz CT molecular complexity index is 539. The summed E-state index contributed by atoms with van der Waals surface area (Å²) >= 11 is 1.48. The summed E-state index contributed by atoms with van der Waals surface area (Å²) in [5.41, 5.74) is 1.72. The van der Waals surface area contributed by atoms with Crippen LogP contribution in [0.15, 0.2) is 35.7 Å². The fraction of sp³-hybridized carbons (Fsp3) is 0.286. The summed E-state index contributed by atoms with van der Waals surface area (Å²) in [6.45, 7) is 4.00. The van der Waals surface area contributed by atoms with E-state index in [1.165, 1.54) is 11.3 Å². The van der Waals surface area contributed by atoms with Crippen molar-refractivity contribution in [3.63, 3.8) is 0 Å². The van der Waals surface area contributed by atoms with E-state index in [-0.39, 0.29) is 11.9 Å². The van der Waals surface area contributed by atoms with Gasteiger partial charge in [-0.05, 0) is 26.0 Å². The number of aromatic nitrogens is 1. The predicted octanol–water partition coefficient (Wildman–Crippen LogP) is 3.55. The number of thiazole rings is 1. The van der Waals surface area contributed by atoms with E-state index in [1.54, 1.807) is 13.8 Å². The number of hydrogen-bond donors (Lipinski definition) is 1. The third-order valence-electron chi connectivity index (χ3n) is 2.63. The fourth-order valence-electron chi connectivity index (χ4n) is 1.58. The van der Waals surface area contributed by atoms with Crippen molar-refractivity contribution in [3.05, 3.63) is 41.4 Å². The highest BCUT2D eigenvalue weighted by atomic mass is 32.1. The van der Waals surface area contributed by atoms with Gasteiger partial charge >= 0.3 is 5.97 Å². The lowest BCUT2D eigenvalue weighted by atomic mass is 10.1. The van der Waals surface area contributed by atoms with Crippen molar-refractivity contribution >= 4 is 28.1 Å². The highest BCUT2D eigenvalue weighted by molar-refractivity contribution is 7.13. The van der Waals surface area contributed by atoms with Crippen LogP contribution in [-0.4, -0.2) is 17.6 Å². The zero-order chi connectivity index (χ0) is 13.7. The molecule has 1 aromatic carbocycles. The SMILES string of the molecule is CCOC(=O)C(C)c1csc(Nc2ccccc2)n1. The Hall–Kier alpha value is -1.88. The van der Waals surface area contributed by atoms with Crippen molar-refractivity contribution in [2.45, 2.75) is 19.8 Å². The molecule has 100 valence electrons. The van der Waals surface area contributed by atoms with Gasteiger partial charge in [0.1, 0.15) is 0 Å². The number of anilines is 2. The van der Waals surface area contributed by atoms with Crippen LogP contribution in [0.25, 0.3) is 0 Å². The summed E-state index contributed by atoms with van der Waals surface area (Å²) in [7, 11) is 0. The molecule has 0 aliphatic carbocycles. The Morgan fingerprint density at radius 3 is 2.84 bits per heavy atom. The number of carbonyl (C=O) groups excluding carboxylic acids is 1. The largest absolute Gasteiger partial charge is 0.465 e. The van der Waals surface area contributed by atoms with Gasteiger partial charge in [-0.15, -0.1) is 11.3 Å². The van der Waals surface area contributed by atoms with Crippen molar-refractivity contribution in [2.75, 3.05) is 11.9 Å². The number of rotatable bonds is 5. The van der Waals surface area contributed by atoms with Gasteiger partial charge in [-0.3, -0.25) is 4.79 Å². The quantitative estimate of drug-likeness (QED) is 0.848. The highest BCUT2D eigenvalue weighted by Gasteiger charge is 2.19. The lowest BCUT2D eigenvalue weighted by Gasteiger charge is -2.07. The van der Waals surface area contributed by atoms with Gasteiger partial charge in [0.25, 0.3) is 0 Å². The van der Waals surface area contributed by atoms with E-state index in [9.17, 15) is 4.79 Å². The Labute approximate surface area is 116 Å². The molecule has 1 unspecified atom stereocenters. The van der Waals surface area contributed by atoms with Crippen LogP contribution in [0.5, 0.6) is 0 Å². The first-order valence-electron chi connectivity index (χ1n) is 6.15. The minimum atomic E-state index is -0.331. The monoisotopic (exact) mass is 276 g/mol. The molecule has 1 heterocycles. The first-order chi connectivity index (χ1) is 9.20. The molecule has 19 heavy (non-hydrogen) atoms. The lowest BCUT2D eigenvalue weighted by Crippen LogP contribution is -2.13. The van der Waals surface area contributed by atoms with E-state index in [2.05, 4.69) is 10.3 Å². The summed E-state index contributed by atoms with van der Waals surface area (Å²) in [4.78, 5) is 16.0. The summed E-state index contributed by atoms with van der Waals surface area (Å²) in [6.07, 6.45) is 0. The molecule has 0 bridgehead atoms. The average molecular weight is 276 g/mol. The van der Waals surface area contributed by atoms with Crippen LogP contribution in [0.2, 0.25) is 0 Å². The van der Waals surface area contributed by atoms with Crippen molar-refractivity contribution in [1.29, 1.82) is 0 Å². The molecule has 0 saturated carbocycles. The Kier molecular flexibility index (Phi) is 4.52. The van der Waals surface area contributed by atoms with Gasteiger partial charge in [0.2, 0.25) is 0 Å². The van der Waals surface area contributed by atoms with Crippen molar-refractivity contribution in [3.8, 4) is 0 Å². The van der Waals surface area contributed by atoms with Crippen LogP contribution in [0, 0.1) is 0 Å². The van der Waals surface area contributed by atoms with E-state index in [0.717, 1.165) is 16.5 Å². The number of esters is 1. The minimum absolute atomic E-state index is 0.237. The molecule has 0 fully saturated rings. The maximum absolute atomic E-state index is 11.6. The number of carbonyl (C=O) groups is 1. The average Bonchev–Trinajstić information content (AvgIpc) is 2.88. The number of para-hydroxylation sites is 1. The topological polar surface area (TPSA) is 51.2 Å². The van der Waals surface area contributed by atoms with Gasteiger partial charge in [0.05, 0.1) is 18.2 Å². The maximum Gasteiger partial charge on any atom is 0.314 e. The minimum Gasteiger partial charge on any atom is -0.465 e. The number of hydrogen-bond acceptors (Lipinski definition) is 5. The number of benzene rings is 1. The summed E-state index contributed by atoms with van der Waals surface area (Å²) in [5, 5.41) is 5.86. The molecule has 0 aliphatic rings. The number of ether oxygens (including phenoxy) is 1. The molecule has 0 aliphatic heterocycles. The molecule has 1 N–H and O–H groups in total. The molecule has 1 atom stereocenters. The molecular formula is C14H16N2O2S. The molecule has 5 heteroatoms. The van der Waals surface area contributed by atoms with Gasteiger partial charge in [0, 0.05) is 11.1 Å². The number of nitrogens with zero attached hydrogens (tertiary/aromatic N) is 1. The van der Waals surface area contributed by atoms with Gasteiger partial charge in [-0.25, -0.2) is 4.98 Å². The predicted molar refractivity (Wildman–Crippen MR) is 76.9 cm³/mol. The standard InChI is InChI=1S/C14H16N2O2S/c1-3-18-13(17)10(2)12-9-19-14(16-12)15-11-7-5-4-6-8-11/h4-10H,3H2,1-2H3,(H,15,16). The van der Waals surface area contributed by atoms with Crippen LogP contribution < -0.4 is 5.32 Å². The second-order valence-corrected chi connectivity index (χ2v) is 4.90. The van der Waals surface area contributed by atoms with Crippen molar-refractivity contribution in [2.24, 2.45) is 0 Å². The van der Waals surface area contributed by atoms with Crippen molar-refractivity contribution < 1.29 is 9.53 Å². The smallest absolute Gasteiger partial charge is 0.314 e. The normalized spacial score (nSPS) is 11.9. The highest BCUT2D eigenvalue weighted by Crippen LogP contribution is 2.25. The summed E-state index contributed by atoms with van der Waals surface area (Å²) in [5.74, 6) is -0.568. The van der Waals surface area contributed by atoms with Gasteiger partial charge in [0.15, 0.2) is 5.13 Å². The molecule has 2 rings (SSSR count). The van der Waals surface area contributed by atoms with E-state index < -0.39 is 0 Å². The number of nitrogens with one attached hydrogen (secondary N) is 1. The van der Waals surface area contributed by atoms with Crippen LogP contribution in [0.1, 0.15) is 25.5 Å². The second kappa shape index (κ2) is 6.33. The van der Waals surface area contributed by atoms with E-state index >= 15 is 0 Å². The van der Waals surface area contributed by atoms with E-state index in [4.69, 9.17) is 4.74 Å². The molecule has 0 saturated heterocycles. The Morgan fingerprint density at radius 1 is 1.42 bits per heavy atom. The van der Waals surface area contributed by atoms with Crippen LogP contribution in [-0.2, 0) is 9.53 Å². The van der Waals surface area contributed by atoms with E-state index in [1.807, 2.05) is 35.7 Å². The first-order valence-corrected chi connectivity index (χ1v) is 7.02. The van der Waals surface area contributed by atoms with Crippen LogP contribution >= 0.6 is 11.3 Å². The molecule has 1 aromatic heterocycles. The third-order valence-corrected chi connectivity index (χ3v) is 3.41. The first kappa shape index (κ1) is 13.5. The molecule has 4 nitrogen and oxygen atoms in total. The van der Waals surface area contributed by atoms with Crippen molar-refractivity contribution in [1.82, 2.24) is 4.98 Å². The zero-order valence-corrected chi connectivity index (χ0v) is 11.7. The summed E-state index contributed by atoms with van der Waals surface area (Å²) < 4.78 is 4.99. The Balaban J connectivity index is 2.05. The second-order valence-electron chi connectivity index (χ2n) is 4.04. The fourth-order valence-corrected chi connectivity index (χ4v) is 2.40. The maximum atomic E-state index is 11.6. The van der Waals surface area contributed by atoms with Crippen LogP contribution in [0.3, 0.4) is 0 Å². The third kappa shape index (κ3) is 3.54. The van der Waals surface area contributed by atoms with Gasteiger partial charge < -0.3 is 10.1 Å². The summed E-state index contributed by atoms with van der Waals surface area (Å²) in [6, 6.07) is 9.81. The molecule has 0 amide bonds. The molecule has 0 spiro atoms. The molecule has 0 radical (unpaired) electrons. The Morgan fingerprint density at radius 2 is 2.16 bits per heavy atom. The van der Waals surface area contributed by atoms with E-state index in [0.29, 0.717) is 6.61 Å². The van der Waals surface area contributed by atoms with Gasteiger partial charge in [-0.1, -0.05) is 18.2 Å². The zero-order valence-electron chi connectivity index (χ0n) is 10.9.